The molecule has 0 aromatic rings. The molecule has 34 heavy (non-hydrogen) atoms. The largest absolute Gasteiger partial charge is 0.490 e. The van der Waals surface area contributed by atoms with Gasteiger partial charge in [-0.05, 0) is 13.8 Å². The summed E-state index contributed by atoms with van der Waals surface area (Å²) < 4.78 is 52.5. The molecule has 1 aliphatic carbocycles. The fourth-order valence-corrected chi connectivity index (χ4v) is 6.91. The summed E-state index contributed by atoms with van der Waals surface area (Å²) in [5, 5.41) is 11.3. The lowest BCUT2D eigenvalue weighted by molar-refractivity contribution is -0.116. The van der Waals surface area contributed by atoms with Crippen LogP contribution in [-0.2, 0) is 36.4 Å². The van der Waals surface area contributed by atoms with Crippen LogP contribution in [0.4, 0.5) is 0 Å². The minimum absolute atomic E-state index is 0.144. The molecule has 7 N–H and O–H groups in total. The zero-order chi connectivity index (χ0) is 26.0. The van der Waals surface area contributed by atoms with Gasteiger partial charge in [-0.25, -0.2) is 13.7 Å². The van der Waals surface area contributed by atoms with Crippen LogP contribution in [-0.4, -0.2) is 67.8 Å². The lowest BCUT2D eigenvalue weighted by Gasteiger charge is -2.36. The van der Waals surface area contributed by atoms with Crippen molar-refractivity contribution in [3.8, 4) is 0 Å². The Balaban J connectivity index is 2.24. The molecule has 2 aliphatic rings. The van der Waals surface area contributed by atoms with Gasteiger partial charge in [0.15, 0.2) is 0 Å². The number of ether oxygens (including phenoxy) is 1. The maximum absolute atomic E-state index is 12.2. The van der Waals surface area contributed by atoms with Crippen LogP contribution >= 0.6 is 23.5 Å². The van der Waals surface area contributed by atoms with Gasteiger partial charge in [0.05, 0.1) is 26.2 Å². The van der Waals surface area contributed by atoms with Crippen molar-refractivity contribution in [1.82, 2.24) is 0 Å². The van der Waals surface area contributed by atoms with Crippen LogP contribution < -0.4 is 5.73 Å². The van der Waals surface area contributed by atoms with Gasteiger partial charge in [-0.1, -0.05) is 23.8 Å². The molecule has 194 valence electrons. The van der Waals surface area contributed by atoms with Crippen molar-refractivity contribution < 1.29 is 61.1 Å². The van der Waals surface area contributed by atoms with Crippen molar-refractivity contribution in [3.63, 3.8) is 0 Å². The number of fused-ring (bicyclic) bond motifs is 1. The molecule has 1 saturated heterocycles. The maximum Gasteiger partial charge on any atom is 0.490 e. The number of rotatable bonds is 12. The second-order valence-corrected chi connectivity index (χ2v) is 12.2. The molecule has 1 heterocycles. The highest BCUT2D eigenvalue weighted by atomic mass is 31.3. The summed E-state index contributed by atoms with van der Waals surface area (Å²) in [5.74, 6) is -1.82. The van der Waals surface area contributed by atoms with E-state index >= 15 is 0 Å². The number of nitrogens with two attached hydrogens (primary N) is 1. The van der Waals surface area contributed by atoms with E-state index in [4.69, 9.17) is 24.8 Å². The van der Waals surface area contributed by atoms with Gasteiger partial charge in [0, 0.05) is 18.1 Å². The number of nitrogens with zero attached hydrogens (tertiary/aromatic N) is 1. The van der Waals surface area contributed by atoms with E-state index in [1.165, 1.54) is 12.3 Å². The summed E-state index contributed by atoms with van der Waals surface area (Å²) in [5.41, 5.74) is 2.79. The summed E-state index contributed by atoms with van der Waals surface area (Å²) in [6, 6.07) is 0. The average molecular weight is 548 g/mol. The molecule has 2 rings (SSSR count). The van der Waals surface area contributed by atoms with E-state index in [0.717, 1.165) is 5.57 Å². The maximum atomic E-state index is 12.2. The fraction of sp³-hybridized carbons (Fsp3) is 0.625. The van der Waals surface area contributed by atoms with Crippen LogP contribution in [0.3, 0.4) is 0 Å². The number of aliphatic hydroxyl groups is 1. The lowest BCUT2D eigenvalue weighted by Crippen LogP contribution is -2.49. The first-order valence-corrected chi connectivity index (χ1v) is 14.2. The van der Waals surface area contributed by atoms with Gasteiger partial charge >= 0.3 is 23.5 Å². The molecular weight excluding hydrogens is 521 g/mol. The molecule has 0 spiro atoms. The van der Waals surface area contributed by atoms with Gasteiger partial charge in [-0.2, -0.15) is 8.62 Å². The highest BCUT2D eigenvalue weighted by molar-refractivity contribution is 7.66. The molecule has 6 atom stereocenters. The molecule has 0 aromatic heterocycles. The Bertz CT molecular complexity index is 1020. The summed E-state index contributed by atoms with van der Waals surface area (Å²) in [7, 11) is -16.6. The first-order chi connectivity index (χ1) is 15.4. The predicted octanol–water partition coefficient (Wildman–Crippen LogP) is 0.544. The zero-order valence-corrected chi connectivity index (χ0v) is 20.8. The quantitative estimate of drug-likeness (QED) is 0.111. The van der Waals surface area contributed by atoms with Gasteiger partial charge in [0.25, 0.3) is 0 Å². The highest BCUT2D eigenvalue weighted by Gasteiger charge is 2.62. The summed E-state index contributed by atoms with van der Waals surface area (Å²) in [6.07, 6.45) is 6.09. The number of carbonyl (C=O) groups excluding carboxylic acids is 1. The van der Waals surface area contributed by atoms with Crippen molar-refractivity contribution in [2.45, 2.75) is 31.5 Å². The monoisotopic (exact) mass is 548 g/mol. The number of primary amides is 1. The number of phosphoric ester groups is 1. The summed E-state index contributed by atoms with van der Waals surface area (Å²) >= 11 is 0. The lowest BCUT2D eigenvalue weighted by atomic mass is 9.73. The Hall–Kier alpha value is -1.05. The van der Waals surface area contributed by atoms with Crippen molar-refractivity contribution in [3.05, 3.63) is 23.8 Å². The molecule has 0 radical (unpaired) electrons. The first-order valence-electron chi connectivity index (χ1n) is 9.68. The molecule has 18 heteroatoms. The van der Waals surface area contributed by atoms with Crippen LogP contribution in [0.1, 0.15) is 20.3 Å². The Labute approximate surface area is 194 Å². The number of aliphatic imine (C=N–C) groups is 1. The van der Waals surface area contributed by atoms with Gasteiger partial charge in [-0.15, -0.1) is 0 Å². The zero-order valence-electron chi connectivity index (χ0n) is 18.2. The topological polar surface area (TPSA) is 245 Å². The van der Waals surface area contributed by atoms with Crippen molar-refractivity contribution in [2.24, 2.45) is 22.6 Å². The number of amides is 1. The van der Waals surface area contributed by atoms with Gasteiger partial charge in [0.2, 0.25) is 5.91 Å². The van der Waals surface area contributed by atoms with E-state index in [9.17, 15) is 33.4 Å². The molecule has 1 fully saturated rings. The second kappa shape index (κ2) is 10.5. The van der Waals surface area contributed by atoms with Crippen LogP contribution in [0, 0.1) is 11.8 Å². The molecule has 6 unspecified atom stereocenters. The van der Waals surface area contributed by atoms with Crippen LogP contribution in [0.5, 0.6) is 0 Å². The fourth-order valence-electron chi connectivity index (χ4n) is 3.85. The Morgan fingerprint density at radius 1 is 1.24 bits per heavy atom. The molecule has 15 nitrogen and oxygen atoms in total. The van der Waals surface area contributed by atoms with Crippen LogP contribution in [0.15, 0.2) is 28.8 Å². The molecule has 0 bridgehead atoms. The number of hydrogen-bond donors (Lipinski definition) is 6. The predicted molar refractivity (Wildman–Crippen MR) is 116 cm³/mol. The van der Waals surface area contributed by atoms with Gasteiger partial charge in [0.1, 0.15) is 11.2 Å². The van der Waals surface area contributed by atoms with Crippen molar-refractivity contribution in [1.29, 1.82) is 0 Å². The van der Waals surface area contributed by atoms with Crippen molar-refractivity contribution >= 4 is 35.6 Å². The molecule has 0 aromatic carbocycles. The van der Waals surface area contributed by atoms with E-state index in [2.05, 4.69) is 13.6 Å². The SMILES string of the molecule is CC=C(C)C1C=CC2(COP(=O)(O)OP(=O)(O)OP(=O)(O)O)OCC(O)(CN=CCC(N)=O)C12. The number of hydrogen-bond acceptors (Lipinski definition) is 10. The average Bonchev–Trinajstić information content (AvgIpc) is 3.18. The minimum atomic E-state index is -5.69. The Kier molecular flexibility index (Phi) is 9.03. The summed E-state index contributed by atoms with van der Waals surface area (Å²) in [4.78, 5) is 51.3. The number of allylic oxidation sites excluding steroid dienone is 3. The third kappa shape index (κ3) is 7.47. The Morgan fingerprint density at radius 3 is 2.44 bits per heavy atom. The second-order valence-electron chi connectivity index (χ2n) is 7.80. The smallest absolute Gasteiger partial charge is 0.385 e. The van der Waals surface area contributed by atoms with E-state index in [-0.39, 0.29) is 19.6 Å². The third-order valence-corrected chi connectivity index (χ3v) is 9.06. The normalized spacial score (nSPS) is 33.1. The van der Waals surface area contributed by atoms with E-state index in [1.807, 2.05) is 0 Å². The number of phosphoric acid groups is 3. The first kappa shape index (κ1) is 29.2. The van der Waals surface area contributed by atoms with Gasteiger partial charge in [-0.3, -0.25) is 14.3 Å². The number of carbonyl (C=O) groups is 1. The van der Waals surface area contributed by atoms with E-state index in [1.54, 1.807) is 26.0 Å². The van der Waals surface area contributed by atoms with Gasteiger partial charge < -0.3 is 35.2 Å². The minimum Gasteiger partial charge on any atom is -0.385 e. The Morgan fingerprint density at radius 2 is 1.88 bits per heavy atom. The standard InChI is InChI=1S/C16H27N2O13P3/c1-3-11(2)12-4-6-16(10-29-33(24,25)31-34(26,27)30-32(21,22)23)14(12)15(20,9-28-16)8-18-7-5-13(17)19/h3-4,6-7,12,14,20H,5,8-10H2,1-2H3,(H2,17,19)(H,24,25)(H,26,27)(H2,21,22,23). The third-order valence-electron chi connectivity index (χ3n) is 5.28. The molecule has 1 aliphatic heterocycles. The molecule has 1 amide bonds. The van der Waals surface area contributed by atoms with E-state index < -0.39 is 59.0 Å². The van der Waals surface area contributed by atoms with E-state index in [0.29, 0.717) is 0 Å². The molecular formula is C16H27N2O13P3. The highest BCUT2D eigenvalue weighted by Crippen LogP contribution is 2.67. The van der Waals surface area contributed by atoms with Crippen LogP contribution in [0.25, 0.3) is 0 Å². The molecule has 0 saturated carbocycles. The van der Waals surface area contributed by atoms with Crippen LogP contribution in [0.2, 0.25) is 0 Å². The van der Waals surface area contributed by atoms with Crippen molar-refractivity contribution in [2.75, 3.05) is 19.8 Å². The summed E-state index contributed by atoms with van der Waals surface area (Å²) in [6.45, 7) is 2.34.